The zero-order valence-electron chi connectivity index (χ0n) is 9.39. The molecule has 0 radical (unpaired) electrons. The van der Waals surface area contributed by atoms with Crippen molar-refractivity contribution in [1.29, 1.82) is 0 Å². The number of hydrogen-bond donors (Lipinski definition) is 1. The molecule has 0 atom stereocenters. The molecule has 1 heterocycles. The molecule has 90 valence electrons. The molecule has 1 aliphatic heterocycles. The van der Waals surface area contributed by atoms with E-state index in [1.54, 1.807) is 0 Å². The largest absolute Gasteiger partial charge is 0.482 e. The van der Waals surface area contributed by atoms with Gasteiger partial charge in [-0.2, -0.15) is 0 Å². The van der Waals surface area contributed by atoms with Crippen molar-refractivity contribution in [3.63, 3.8) is 0 Å². The number of rotatable bonds is 4. The summed E-state index contributed by atoms with van der Waals surface area (Å²) in [6.45, 7) is 0.583. The Morgan fingerprint density at radius 2 is 2.29 bits per heavy atom. The summed E-state index contributed by atoms with van der Waals surface area (Å²) in [6, 6.07) is 5.58. The van der Waals surface area contributed by atoms with Crippen molar-refractivity contribution in [2.24, 2.45) is 5.73 Å². The van der Waals surface area contributed by atoms with E-state index in [1.165, 1.54) is 4.90 Å². The van der Waals surface area contributed by atoms with Crippen LogP contribution in [0.25, 0.3) is 0 Å². The summed E-state index contributed by atoms with van der Waals surface area (Å²) in [5.74, 6) is 0.432. The lowest BCUT2D eigenvalue weighted by Crippen LogP contribution is -2.39. The lowest BCUT2D eigenvalue weighted by Gasteiger charge is -2.28. The second kappa shape index (κ2) is 4.97. The van der Waals surface area contributed by atoms with Gasteiger partial charge < -0.3 is 15.3 Å². The maximum atomic E-state index is 11.6. The molecule has 2 N–H and O–H groups in total. The SMILES string of the molecule is NCCc1ccc2c(c1)N(CC=O)C(=O)CO2. The van der Waals surface area contributed by atoms with Gasteiger partial charge in [-0.05, 0) is 30.7 Å². The lowest BCUT2D eigenvalue weighted by atomic mass is 10.1. The van der Waals surface area contributed by atoms with Crippen LogP contribution in [-0.4, -0.2) is 31.9 Å². The molecule has 1 aromatic rings. The Hall–Kier alpha value is -1.88. The second-order valence-corrected chi connectivity index (χ2v) is 3.80. The van der Waals surface area contributed by atoms with Gasteiger partial charge in [-0.25, -0.2) is 0 Å². The van der Waals surface area contributed by atoms with Crippen molar-refractivity contribution in [1.82, 2.24) is 0 Å². The Balaban J connectivity index is 2.37. The standard InChI is InChI=1S/C12H14N2O3/c13-4-3-9-1-2-11-10(7-9)14(5-6-15)12(16)8-17-11/h1-2,6-7H,3-5,8,13H2. The predicted octanol–water partition coefficient (Wildman–Crippen LogP) is 0.112. The molecular weight excluding hydrogens is 220 g/mol. The number of benzene rings is 1. The van der Waals surface area contributed by atoms with Gasteiger partial charge in [0.05, 0.1) is 12.2 Å². The van der Waals surface area contributed by atoms with Crippen LogP contribution in [-0.2, 0) is 16.0 Å². The Morgan fingerprint density at radius 3 is 3.00 bits per heavy atom. The van der Waals surface area contributed by atoms with Crippen LogP contribution in [0.15, 0.2) is 18.2 Å². The number of hydrogen-bond acceptors (Lipinski definition) is 4. The molecule has 0 fully saturated rings. The lowest BCUT2D eigenvalue weighted by molar-refractivity contribution is -0.122. The van der Waals surface area contributed by atoms with Crippen LogP contribution >= 0.6 is 0 Å². The van der Waals surface area contributed by atoms with Crippen molar-refractivity contribution < 1.29 is 14.3 Å². The summed E-state index contributed by atoms with van der Waals surface area (Å²) < 4.78 is 5.31. The number of aldehydes is 1. The maximum absolute atomic E-state index is 11.6. The number of ether oxygens (including phenoxy) is 1. The highest BCUT2D eigenvalue weighted by Crippen LogP contribution is 2.32. The van der Waals surface area contributed by atoms with Crippen LogP contribution in [0.2, 0.25) is 0 Å². The van der Waals surface area contributed by atoms with E-state index in [0.29, 0.717) is 24.3 Å². The molecule has 0 unspecified atom stereocenters. The number of nitrogens with zero attached hydrogens (tertiary/aromatic N) is 1. The average molecular weight is 234 g/mol. The summed E-state index contributed by atoms with van der Waals surface area (Å²) in [5.41, 5.74) is 7.17. The fourth-order valence-corrected chi connectivity index (χ4v) is 1.84. The normalized spacial score (nSPS) is 14.2. The monoisotopic (exact) mass is 234 g/mol. The van der Waals surface area contributed by atoms with E-state index in [9.17, 15) is 9.59 Å². The van der Waals surface area contributed by atoms with Gasteiger partial charge in [0.25, 0.3) is 5.91 Å². The highest BCUT2D eigenvalue weighted by atomic mass is 16.5. The van der Waals surface area contributed by atoms with E-state index >= 15 is 0 Å². The fraction of sp³-hybridized carbons (Fsp3) is 0.333. The summed E-state index contributed by atoms with van der Waals surface area (Å²) in [7, 11) is 0. The minimum atomic E-state index is -0.200. The van der Waals surface area contributed by atoms with Crippen LogP contribution in [0.4, 0.5) is 5.69 Å². The third-order valence-electron chi connectivity index (χ3n) is 2.66. The topological polar surface area (TPSA) is 72.6 Å². The number of carbonyl (C=O) groups excluding carboxylic acids is 2. The first kappa shape index (κ1) is 11.6. The molecule has 0 spiro atoms. The Labute approximate surface area is 99.2 Å². The van der Waals surface area contributed by atoms with E-state index in [2.05, 4.69) is 0 Å². The Kier molecular flexibility index (Phi) is 3.39. The first-order valence-electron chi connectivity index (χ1n) is 5.46. The van der Waals surface area contributed by atoms with E-state index in [4.69, 9.17) is 10.5 Å². The highest BCUT2D eigenvalue weighted by Gasteiger charge is 2.25. The highest BCUT2D eigenvalue weighted by molar-refractivity contribution is 5.99. The van der Waals surface area contributed by atoms with E-state index in [1.807, 2.05) is 18.2 Å². The number of amides is 1. The number of anilines is 1. The molecule has 1 amide bonds. The zero-order chi connectivity index (χ0) is 12.3. The quantitative estimate of drug-likeness (QED) is 0.751. The van der Waals surface area contributed by atoms with E-state index < -0.39 is 0 Å². The van der Waals surface area contributed by atoms with Gasteiger partial charge in [0.15, 0.2) is 6.61 Å². The molecule has 0 aliphatic carbocycles. The van der Waals surface area contributed by atoms with Gasteiger partial charge in [0, 0.05) is 0 Å². The Morgan fingerprint density at radius 1 is 1.47 bits per heavy atom. The minimum absolute atomic E-state index is 0.0168. The molecule has 5 nitrogen and oxygen atoms in total. The van der Waals surface area contributed by atoms with E-state index in [0.717, 1.165) is 12.0 Å². The molecule has 0 saturated carbocycles. The van der Waals surface area contributed by atoms with Gasteiger partial charge in [-0.3, -0.25) is 9.69 Å². The second-order valence-electron chi connectivity index (χ2n) is 3.80. The Bertz CT molecular complexity index is 445. The summed E-state index contributed by atoms with van der Waals surface area (Å²) in [4.78, 5) is 23.7. The molecule has 17 heavy (non-hydrogen) atoms. The number of fused-ring (bicyclic) bond motifs is 1. The number of carbonyl (C=O) groups is 2. The fourth-order valence-electron chi connectivity index (χ4n) is 1.84. The molecule has 0 bridgehead atoms. The first-order chi connectivity index (χ1) is 8.26. The van der Waals surface area contributed by atoms with Crippen LogP contribution in [0.5, 0.6) is 5.75 Å². The third kappa shape index (κ3) is 2.29. The molecule has 5 heteroatoms. The van der Waals surface area contributed by atoms with Gasteiger partial charge in [-0.1, -0.05) is 6.07 Å². The van der Waals surface area contributed by atoms with Crippen LogP contribution in [0.1, 0.15) is 5.56 Å². The van der Waals surface area contributed by atoms with Gasteiger partial charge in [-0.15, -0.1) is 0 Å². The van der Waals surface area contributed by atoms with Crippen LogP contribution < -0.4 is 15.4 Å². The molecule has 1 aliphatic rings. The maximum Gasteiger partial charge on any atom is 0.265 e. The van der Waals surface area contributed by atoms with Crippen LogP contribution in [0, 0.1) is 0 Å². The predicted molar refractivity (Wildman–Crippen MR) is 63.1 cm³/mol. The summed E-state index contributed by atoms with van der Waals surface area (Å²) in [5, 5.41) is 0. The van der Waals surface area contributed by atoms with Gasteiger partial charge in [0.2, 0.25) is 0 Å². The van der Waals surface area contributed by atoms with Crippen molar-refractivity contribution in [2.75, 3.05) is 24.6 Å². The van der Waals surface area contributed by atoms with Gasteiger partial charge >= 0.3 is 0 Å². The number of nitrogens with two attached hydrogens (primary N) is 1. The molecule has 0 aromatic heterocycles. The van der Waals surface area contributed by atoms with Crippen molar-refractivity contribution in [2.45, 2.75) is 6.42 Å². The average Bonchev–Trinajstić information content (AvgIpc) is 2.33. The van der Waals surface area contributed by atoms with Crippen molar-refractivity contribution in [3.8, 4) is 5.75 Å². The van der Waals surface area contributed by atoms with Crippen molar-refractivity contribution >= 4 is 17.9 Å². The molecule has 0 saturated heterocycles. The molecule has 1 aromatic carbocycles. The molecular formula is C12H14N2O3. The van der Waals surface area contributed by atoms with Crippen LogP contribution in [0.3, 0.4) is 0 Å². The van der Waals surface area contributed by atoms with Crippen molar-refractivity contribution in [3.05, 3.63) is 23.8 Å². The minimum Gasteiger partial charge on any atom is -0.482 e. The van der Waals surface area contributed by atoms with E-state index in [-0.39, 0.29) is 19.1 Å². The third-order valence-corrected chi connectivity index (χ3v) is 2.66. The first-order valence-corrected chi connectivity index (χ1v) is 5.46. The summed E-state index contributed by atoms with van der Waals surface area (Å²) >= 11 is 0. The summed E-state index contributed by atoms with van der Waals surface area (Å²) in [6.07, 6.45) is 1.44. The van der Waals surface area contributed by atoms with Gasteiger partial charge in [0.1, 0.15) is 12.0 Å². The smallest absolute Gasteiger partial charge is 0.265 e. The zero-order valence-corrected chi connectivity index (χ0v) is 9.39. The molecule has 2 rings (SSSR count).